The maximum Gasteiger partial charge on any atom is 0.0466 e. The number of rotatable bonds is 12. The molecule has 0 saturated carbocycles. The van der Waals surface area contributed by atoms with Crippen molar-refractivity contribution in [3.63, 3.8) is 0 Å². The van der Waals surface area contributed by atoms with Gasteiger partial charge in [-0.25, -0.2) is 0 Å². The van der Waals surface area contributed by atoms with Crippen LogP contribution in [0.3, 0.4) is 0 Å². The molecule has 0 spiro atoms. The van der Waals surface area contributed by atoms with Crippen LogP contribution in [0.4, 0.5) is 0 Å². The van der Waals surface area contributed by atoms with Crippen LogP contribution in [0.15, 0.2) is 24.5 Å². The lowest BCUT2D eigenvalue weighted by Crippen LogP contribution is -2.31. The monoisotopic (exact) mass is 279 g/mol. The molecular weight excluding hydrogens is 250 g/mol. The molecule has 0 amide bonds. The fourth-order valence-corrected chi connectivity index (χ4v) is 1.97. The summed E-state index contributed by atoms with van der Waals surface area (Å²) >= 11 is 0. The van der Waals surface area contributed by atoms with E-state index in [4.69, 9.17) is 4.74 Å². The van der Waals surface area contributed by atoms with Gasteiger partial charge in [0.15, 0.2) is 0 Å². The topological polar surface area (TPSA) is 37.4 Å². The van der Waals surface area contributed by atoms with Crippen LogP contribution >= 0.6 is 0 Å². The molecule has 4 heteroatoms. The summed E-state index contributed by atoms with van der Waals surface area (Å²) in [6, 6.07) is 4.18. The zero-order chi connectivity index (χ0) is 14.5. The molecule has 0 radical (unpaired) electrons. The summed E-state index contributed by atoms with van der Waals surface area (Å²) in [5.74, 6) is 0. The molecule has 0 aliphatic carbocycles. The maximum atomic E-state index is 5.31. The van der Waals surface area contributed by atoms with Gasteiger partial charge in [0.1, 0.15) is 0 Å². The Morgan fingerprint density at radius 1 is 1.15 bits per heavy atom. The van der Waals surface area contributed by atoms with Crippen molar-refractivity contribution in [2.24, 2.45) is 0 Å². The number of hydrogen-bond donors (Lipinski definition) is 1. The number of nitrogens with zero attached hydrogens (tertiary/aromatic N) is 2. The predicted molar refractivity (Wildman–Crippen MR) is 84.0 cm³/mol. The zero-order valence-electron chi connectivity index (χ0n) is 13.0. The predicted octanol–water partition coefficient (Wildman–Crippen LogP) is 1.96. The van der Waals surface area contributed by atoms with Crippen LogP contribution in [0, 0.1) is 0 Å². The highest BCUT2D eigenvalue weighted by Gasteiger charge is 1.99. The molecule has 114 valence electrons. The Hall–Kier alpha value is -0.970. The average molecular weight is 279 g/mol. The standard InChI is InChI=1S/C16H29N3O/c1-3-20-15-5-4-9-17-12-14-19(2)13-8-16-6-10-18-11-7-16/h6-7,10-11,17H,3-5,8-9,12-15H2,1-2H3. The van der Waals surface area contributed by atoms with Gasteiger partial charge in [0, 0.05) is 45.2 Å². The highest BCUT2D eigenvalue weighted by Crippen LogP contribution is 1.98. The van der Waals surface area contributed by atoms with E-state index in [0.717, 1.165) is 52.2 Å². The number of hydrogen-bond acceptors (Lipinski definition) is 4. The molecule has 0 bridgehead atoms. The number of likely N-dealkylation sites (N-methyl/N-ethyl adjacent to an activating group) is 1. The van der Waals surface area contributed by atoms with Gasteiger partial charge in [-0.05, 0) is 57.5 Å². The van der Waals surface area contributed by atoms with E-state index in [1.165, 1.54) is 12.0 Å². The molecule has 0 aliphatic heterocycles. The van der Waals surface area contributed by atoms with Gasteiger partial charge in [-0.3, -0.25) is 4.98 Å². The Labute approximate surface area is 123 Å². The first-order valence-electron chi connectivity index (χ1n) is 7.69. The van der Waals surface area contributed by atoms with Crippen molar-refractivity contribution in [2.45, 2.75) is 26.2 Å². The molecule has 0 fully saturated rings. The fourth-order valence-electron chi connectivity index (χ4n) is 1.97. The van der Waals surface area contributed by atoms with Crippen LogP contribution in [0.2, 0.25) is 0 Å². The van der Waals surface area contributed by atoms with Gasteiger partial charge in [-0.15, -0.1) is 0 Å². The molecule has 0 atom stereocenters. The Balaban J connectivity index is 1.91. The third kappa shape index (κ3) is 9.02. The van der Waals surface area contributed by atoms with Crippen molar-refractivity contribution in [3.05, 3.63) is 30.1 Å². The first-order chi connectivity index (χ1) is 9.83. The van der Waals surface area contributed by atoms with E-state index in [-0.39, 0.29) is 0 Å². The van der Waals surface area contributed by atoms with Gasteiger partial charge in [-0.2, -0.15) is 0 Å². The summed E-state index contributed by atoms with van der Waals surface area (Å²) in [5.41, 5.74) is 1.36. The Morgan fingerprint density at radius 3 is 2.70 bits per heavy atom. The second-order valence-corrected chi connectivity index (χ2v) is 5.06. The van der Waals surface area contributed by atoms with Gasteiger partial charge in [0.05, 0.1) is 0 Å². The van der Waals surface area contributed by atoms with Crippen molar-refractivity contribution in [2.75, 3.05) is 46.4 Å². The normalized spacial score (nSPS) is 11.2. The summed E-state index contributed by atoms with van der Waals surface area (Å²) in [5, 5.41) is 3.48. The van der Waals surface area contributed by atoms with Crippen molar-refractivity contribution in [1.29, 1.82) is 0 Å². The number of unbranched alkanes of at least 4 members (excludes halogenated alkanes) is 1. The van der Waals surface area contributed by atoms with Gasteiger partial charge < -0.3 is 15.0 Å². The maximum absolute atomic E-state index is 5.31. The molecule has 0 aliphatic rings. The van der Waals surface area contributed by atoms with Crippen molar-refractivity contribution < 1.29 is 4.74 Å². The molecule has 20 heavy (non-hydrogen) atoms. The highest BCUT2D eigenvalue weighted by molar-refractivity contribution is 5.09. The Kier molecular flexibility index (Phi) is 10.1. The second-order valence-electron chi connectivity index (χ2n) is 5.06. The van der Waals surface area contributed by atoms with Crippen LogP contribution in [-0.2, 0) is 11.2 Å². The van der Waals surface area contributed by atoms with Crippen LogP contribution < -0.4 is 5.32 Å². The minimum Gasteiger partial charge on any atom is -0.382 e. The summed E-state index contributed by atoms with van der Waals surface area (Å²) in [4.78, 5) is 6.41. The minimum absolute atomic E-state index is 0.829. The first-order valence-corrected chi connectivity index (χ1v) is 7.69. The van der Waals surface area contributed by atoms with E-state index >= 15 is 0 Å². The lowest BCUT2D eigenvalue weighted by atomic mass is 10.2. The lowest BCUT2D eigenvalue weighted by molar-refractivity contribution is 0.143. The van der Waals surface area contributed by atoms with E-state index in [9.17, 15) is 0 Å². The SMILES string of the molecule is CCOCCCCNCCN(C)CCc1ccncc1. The molecule has 1 aromatic rings. The second kappa shape index (κ2) is 11.8. The molecule has 1 rings (SSSR count). The summed E-state index contributed by atoms with van der Waals surface area (Å²) in [7, 11) is 2.18. The van der Waals surface area contributed by atoms with Crippen LogP contribution in [0.25, 0.3) is 0 Å². The van der Waals surface area contributed by atoms with Crippen molar-refractivity contribution >= 4 is 0 Å². The van der Waals surface area contributed by atoms with E-state index in [2.05, 4.69) is 34.4 Å². The zero-order valence-corrected chi connectivity index (χ0v) is 13.0. The van der Waals surface area contributed by atoms with Gasteiger partial charge in [0.2, 0.25) is 0 Å². The lowest BCUT2D eigenvalue weighted by Gasteiger charge is -2.16. The quantitative estimate of drug-likeness (QED) is 0.594. The third-order valence-corrected chi connectivity index (χ3v) is 3.30. The molecule has 4 nitrogen and oxygen atoms in total. The van der Waals surface area contributed by atoms with E-state index < -0.39 is 0 Å². The smallest absolute Gasteiger partial charge is 0.0466 e. The van der Waals surface area contributed by atoms with Crippen LogP contribution in [0.5, 0.6) is 0 Å². The molecule has 1 aromatic heterocycles. The molecule has 0 aromatic carbocycles. The molecule has 0 unspecified atom stereocenters. The highest BCUT2D eigenvalue weighted by atomic mass is 16.5. The van der Waals surface area contributed by atoms with Crippen molar-refractivity contribution in [1.82, 2.24) is 15.2 Å². The molecule has 0 saturated heterocycles. The summed E-state index contributed by atoms with van der Waals surface area (Å²) < 4.78 is 5.31. The van der Waals surface area contributed by atoms with Gasteiger partial charge >= 0.3 is 0 Å². The fraction of sp³-hybridized carbons (Fsp3) is 0.688. The number of pyridine rings is 1. The number of ether oxygens (including phenoxy) is 1. The van der Waals surface area contributed by atoms with E-state index in [0.29, 0.717) is 0 Å². The van der Waals surface area contributed by atoms with Gasteiger partial charge in [0.25, 0.3) is 0 Å². The van der Waals surface area contributed by atoms with Crippen molar-refractivity contribution in [3.8, 4) is 0 Å². The first kappa shape index (κ1) is 17.1. The Morgan fingerprint density at radius 2 is 1.95 bits per heavy atom. The van der Waals surface area contributed by atoms with Gasteiger partial charge in [-0.1, -0.05) is 0 Å². The third-order valence-electron chi connectivity index (χ3n) is 3.30. The molecule has 1 N–H and O–H groups in total. The van der Waals surface area contributed by atoms with E-state index in [1.54, 1.807) is 0 Å². The molecular formula is C16H29N3O. The summed E-state index contributed by atoms with van der Waals surface area (Å²) in [6.07, 6.45) is 7.16. The molecule has 1 heterocycles. The number of aromatic nitrogens is 1. The average Bonchev–Trinajstić information content (AvgIpc) is 2.49. The number of nitrogens with one attached hydrogen (secondary N) is 1. The van der Waals surface area contributed by atoms with Crippen LogP contribution in [0.1, 0.15) is 25.3 Å². The minimum atomic E-state index is 0.829. The van der Waals surface area contributed by atoms with Crippen LogP contribution in [-0.4, -0.2) is 56.3 Å². The summed E-state index contributed by atoms with van der Waals surface area (Å²) in [6.45, 7) is 8.10. The van der Waals surface area contributed by atoms with E-state index in [1.807, 2.05) is 19.3 Å². The Bertz CT molecular complexity index is 319. The largest absolute Gasteiger partial charge is 0.382 e.